The SMILES string of the molecule is CC/C=C/C/C=C/Cc1ccccc1. The first-order valence-corrected chi connectivity index (χ1v) is 5.27. The summed E-state index contributed by atoms with van der Waals surface area (Å²) in [4.78, 5) is 0. The van der Waals surface area contributed by atoms with Crippen molar-refractivity contribution < 1.29 is 0 Å². The third-order valence-electron chi connectivity index (χ3n) is 2.04. The minimum absolute atomic E-state index is 1.04. The molecule has 74 valence electrons. The Morgan fingerprint density at radius 3 is 2.36 bits per heavy atom. The minimum atomic E-state index is 1.04. The van der Waals surface area contributed by atoms with Crippen LogP contribution < -0.4 is 0 Å². The molecule has 1 aromatic carbocycles. The van der Waals surface area contributed by atoms with Crippen molar-refractivity contribution in [1.29, 1.82) is 0 Å². The lowest BCUT2D eigenvalue weighted by atomic mass is 10.1. The molecular weight excluding hydrogens is 168 g/mol. The van der Waals surface area contributed by atoms with Crippen LogP contribution in [0.4, 0.5) is 0 Å². The van der Waals surface area contributed by atoms with Crippen LogP contribution in [0.15, 0.2) is 54.6 Å². The summed E-state index contributed by atoms with van der Waals surface area (Å²) in [5, 5.41) is 0. The Balaban J connectivity index is 2.24. The number of allylic oxidation sites excluding steroid dienone is 4. The van der Waals surface area contributed by atoms with E-state index >= 15 is 0 Å². The van der Waals surface area contributed by atoms with Gasteiger partial charge in [-0.3, -0.25) is 0 Å². The Labute approximate surface area is 87.0 Å². The minimum Gasteiger partial charge on any atom is -0.0885 e. The maximum Gasteiger partial charge on any atom is -0.00973 e. The van der Waals surface area contributed by atoms with Crippen molar-refractivity contribution in [2.45, 2.75) is 26.2 Å². The van der Waals surface area contributed by atoms with Crippen LogP contribution >= 0.6 is 0 Å². The van der Waals surface area contributed by atoms with E-state index in [9.17, 15) is 0 Å². The van der Waals surface area contributed by atoms with E-state index in [4.69, 9.17) is 0 Å². The van der Waals surface area contributed by atoms with Crippen molar-refractivity contribution in [3.05, 3.63) is 60.2 Å². The van der Waals surface area contributed by atoms with Gasteiger partial charge in [0.2, 0.25) is 0 Å². The molecule has 0 heteroatoms. The molecule has 0 nitrogen and oxygen atoms in total. The molecule has 0 atom stereocenters. The third kappa shape index (κ3) is 4.66. The average Bonchev–Trinajstić information content (AvgIpc) is 2.25. The zero-order chi connectivity index (χ0) is 10.1. The summed E-state index contributed by atoms with van der Waals surface area (Å²) in [5.41, 5.74) is 1.38. The van der Waals surface area contributed by atoms with Crippen molar-refractivity contribution in [3.63, 3.8) is 0 Å². The first-order valence-electron chi connectivity index (χ1n) is 5.27. The Kier molecular flexibility index (Phi) is 5.49. The fourth-order valence-electron chi connectivity index (χ4n) is 1.27. The van der Waals surface area contributed by atoms with Crippen molar-refractivity contribution in [3.8, 4) is 0 Å². The first-order chi connectivity index (χ1) is 6.93. The molecule has 0 amide bonds. The van der Waals surface area contributed by atoms with Crippen LogP contribution in [0.25, 0.3) is 0 Å². The molecule has 1 rings (SSSR count). The maximum absolute atomic E-state index is 2.23. The molecule has 0 aliphatic carbocycles. The van der Waals surface area contributed by atoms with Gasteiger partial charge in [0, 0.05) is 0 Å². The molecule has 0 aliphatic heterocycles. The lowest BCUT2D eigenvalue weighted by Gasteiger charge is -1.93. The van der Waals surface area contributed by atoms with Gasteiger partial charge in [-0.1, -0.05) is 61.6 Å². The van der Waals surface area contributed by atoms with Gasteiger partial charge in [0.1, 0.15) is 0 Å². The van der Waals surface area contributed by atoms with Gasteiger partial charge >= 0.3 is 0 Å². The van der Waals surface area contributed by atoms with Crippen LogP contribution in [-0.4, -0.2) is 0 Å². The van der Waals surface area contributed by atoms with Gasteiger partial charge in [0.25, 0.3) is 0 Å². The van der Waals surface area contributed by atoms with Crippen LogP contribution in [0, 0.1) is 0 Å². The molecule has 0 saturated carbocycles. The van der Waals surface area contributed by atoms with Crippen LogP contribution in [0.5, 0.6) is 0 Å². The van der Waals surface area contributed by atoms with Gasteiger partial charge in [0.05, 0.1) is 0 Å². The quantitative estimate of drug-likeness (QED) is 0.606. The van der Waals surface area contributed by atoms with E-state index in [0.29, 0.717) is 0 Å². The van der Waals surface area contributed by atoms with Gasteiger partial charge in [-0.25, -0.2) is 0 Å². The second-order valence-electron chi connectivity index (χ2n) is 3.28. The lowest BCUT2D eigenvalue weighted by molar-refractivity contribution is 1.19. The molecule has 0 bridgehead atoms. The van der Waals surface area contributed by atoms with E-state index in [1.54, 1.807) is 0 Å². The molecule has 0 N–H and O–H groups in total. The van der Waals surface area contributed by atoms with Crippen LogP contribution in [0.3, 0.4) is 0 Å². The summed E-state index contributed by atoms with van der Waals surface area (Å²) in [6.45, 7) is 2.16. The second-order valence-corrected chi connectivity index (χ2v) is 3.28. The molecular formula is C14H18. The van der Waals surface area contributed by atoms with E-state index < -0.39 is 0 Å². The van der Waals surface area contributed by atoms with E-state index in [-0.39, 0.29) is 0 Å². The summed E-state index contributed by atoms with van der Waals surface area (Å²) in [6, 6.07) is 10.5. The Bertz CT molecular complexity index is 280. The second kappa shape index (κ2) is 7.14. The highest BCUT2D eigenvalue weighted by atomic mass is 13.9. The predicted molar refractivity (Wildman–Crippen MR) is 63.3 cm³/mol. The molecule has 0 aliphatic rings. The molecule has 0 spiro atoms. The molecule has 0 fully saturated rings. The summed E-state index contributed by atoms with van der Waals surface area (Å²) < 4.78 is 0. The maximum atomic E-state index is 2.23. The molecule has 0 saturated heterocycles. The number of benzene rings is 1. The van der Waals surface area contributed by atoms with Crippen molar-refractivity contribution in [2.75, 3.05) is 0 Å². The standard InChI is InChI=1S/C14H18/c1-2-3-4-5-6-8-11-14-12-9-7-10-13-14/h3-4,6-10,12-13H,2,5,11H2,1H3/b4-3+,8-6+. The highest BCUT2D eigenvalue weighted by Gasteiger charge is 1.84. The number of hydrogen-bond acceptors (Lipinski definition) is 0. The summed E-state index contributed by atoms with van der Waals surface area (Å²) in [6.07, 6.45) is 12.1. The summed E-state index contributed by atoms with van der Waals surface area (Å²) in [7, 11) is 0. The van der Waals surface area contributed by atoms with Crippen molar-refractivity contribution in [1.82, 2.24) is 0 Å². The molecule has 0 unspecified atom stereocenters. The van der Waals surface area contributed by atoms with E-state index in [1.165, 1.54) is 5.56 Å². The molecule has 0 radical (unpaired) electrons. The molecule has 1 aromatic rings. The molecule has 0 heterocycles. The van der Waals surface area contributed by atoms with Gasteiger partial charge < -0.3 is 0 Å². The van der Waals surface area contributed by atoms with Gasteiger partial charge in [-0.05, 0) is 24.8 Å². The third-order valence-corrected chi connectivity index (χ3v) is 2.04. The van der Waals surface area contributed by atoms with Crippen LogP contribution in [-0.2, 0) is 6.42 Å². The summed E-state index contributed by atoms with van der Waals surface area (Å²) in [5.74, 6) is 0. The fourth-order valence-corrected chi connectivity index (χ4v) is 1.27. The average molecular weight is 186 g/mol. The predicted octanol–water partition coefficient (Wildman–Crippen LogP) is 4.14. The normalized spacial score (nSPS) is 11.5. The van der Waals surface area contributed by atoms with Crippen molar-refractivity contribution >= 4 is 0 Å². The number of rotatable bonds is 5. The number of hydrogen-bond donors (Lipinski definition) is 0. The van der Waals surface area contributed by atoms with Crippen molar-refractivity contribution in [2.24, 2.45) is 0 Å². The summed E-state index contributed by atoms with van der Waals surface area (Å²) >= 11 is 0. The monoisotopic (exact) mass is 186 g/mol. The molecule has 0 aromatic heterocycles. The Hall–Kier alpha value is -1.30. The van der Waals surface area contributed by atoms with E-state index in [1.807, 2.05) is 0 Å². The topological polar surface area (TPSA) is 0 Å². The largest absolute Gasteiger partial charge is 0.0885 e. The zero-order valence-electron chi connectivity index (χ0n) is 8.82. The van der Waals surface area contributed by atoms with Gasteiger partial charge in [-0.15, -0.1) is 0 Å². The smallest absolute Gasteiger partial charge is 0.00973 e. The Morgan fingerprint density at radius 1 is 0.929 bits per heavy atom. The fraction of sp³-hybridized carbons (Fsp3) is 0.286. The first kappa shape index (κ1) is 10.8. The highest BCUT2D eigenvalue weighted by molar-refractivity contribution is 5.17. The zero-order valence-corrected chi connectivity index (χ0v) is 8.82. The Morgan fingerprint density at radius 2 is 1.64 bits per heavy atom. The van der Waals surface area contributed by atoms with Crippen LogP contribution in [0.1, 0.15) is 25.3 Å². The van der Waals surface area contributed by atoms with E-state index in [2.05, 4.69) is 61.6 Å². The highest BCUT2D eigenvalue weighted by Crippen LogP contribution is 2.00. The van der Waals surface area contributed by atoms with Crippen LogP contribution in [0.2, 0.25) is 0 Å². The van der Waals surface area contributed by atoms with E-state index in [0.717, 1.165) is 19.3 Å². The molecule has 14 heavy (non-hydrogen) atoms. The van der Waals surface area contributed by atoms with Gasteiger partial charge in [0.15, 0.2) is 0 Å². The van der Waals surface area contributed by atoms with Gasteiger partial charge in [-0.2, -0.15) is 0 Å². The lowest BCUT2D eigenvalue weighted by Crippen LogP contribution is -1.77.